The maximum Gasteiger partial charge on any atom is 0.330 e. The number of aromatic hydroxyl groups is 3. The standard InChI is InChI=1S/C75H74ClIN8O26/c1-29-14-38(90)25-43-57(29)42-20-35(7-11-45(42)77)58(69(78)99)83-71(101)60-37-22-51(105-40-9-4-32(5-10-40)15-46-70(100)84-59(72(102)85-60)36-18-39(91)24-41(19-36)106-50-16-33(6-12-47(50)92)17-55(93)81-46)68(111-75-63(80-31(3)89)67(98)65(96)54(28-87)110-75)52(23-37)107-48-13-8-34(21-44(48)76)49(26-56(94)82-61(43)73(103)104)108-74-62(79-30(2)88)66(97)64(95)53(27-86)109-74/h4-14,16,18-25,46,49,53-54,58-67,74-75,86-87,90-92,95-98H,15,17,26-28H2,1-3H3,(H2,78,99)(H,79,88)(H,80,89)(H,81,93)(H,82,94)(H,83,101)(H,84,100)(H,85,102)(H,103,104)/t46-,49+,53?,54?,58-,59+,60-,61+,62?,63?,64-,65-,66?,67-,74-,75+/m1/s1. The van der Waals surface area contributed by atoms with Crippen LogP contribution in [0.5, 0.6) is 57.5 Å². The molecule has 0 saturated carbocycles. The van der Waals surface area contributed by atoms with E-state index in [0.29, 0.717) is 14.7 Å². The van der Waals surface area contributed by atoms with E-state index in [2.05, 4.69) is 37.2 Å². The molecular formula is C75H74ClIN8O26. The number of halogens is 2. The summed E-state index contributed by atoms with van der Waals surface area (Å²) in [5.74, 6) is -14.0. The average molecular weight is 1670 g/mol. The molecule has 7 aromatic carbocycles. The molecule has 0 spiro atoms. The van der Waals surface area contributed by atoms with Crippen molar-refractivity contribution < 1.29 is 127 Å². The summed E-state index contributed by atoms with van der Waals surface area (Å²) in [5, 5.41) is 129. The van der Waals surface area contributed by atoms with E-state index in [-0.39, 0.29) is 69.0 Å². The second kappa shape index (κ2) is 33.3. The van der Waals surface area contributed by atoms with Crippen molar-refractivity contribution in [3.63, 3.8) is 0 Å². The van der Waals surface area contributed by atoms with Crippen LogP contribution in [0, 0.1) is 10.5 Å². The molecule has 2 saturated heterocycles. The fourth-order valence-electron chi connectivity index (χ4n) is 13.6. The second-order valence-electron chi connectivity index (χ2n) is 26.9. The van der Waals surface area contributed by atoms with E-state index in [1.807, 2.05) is 22.6 Å². The van der Waals surface area contributed by atoms with Gasteiger partial charge < -0.3 is 127 Å². The van der Waals surface area contributed by atoms with Crippen LogP contribution in [0.25, 0.3) is 11.1 Å². The lowest BCUT2D eigenvalue weighted by molar-refractivity contribution is -0.283. The molecule has 34 nitrogen and oxygen atoms in total. The molecule has 8 amide bonds. The van der Waals surface area contributed by atoms with Gasteiger partial charge in [-0.05, 0) is 170 Å². The number of carboxylic acid groups (broad SMARTS) is 1. The summed E-state index contributed by atoms with van der Waals surface area (Å²) >= 11 is 9.19. The van der Waals surface area contributed by atoms with Gasteiger partial charge in [0, 0.05) is 29.9 Å². The summed E-state index contributed by atoms with van der Waals surface area (Å²) in [6, 6.07) is 12.4. The molecule has 7 heterocycles. The van der Waals surface area contributed by atoms with Gasteiger partial charge in [-0.25, -0.2) is 4.79 Å². The van der Waals surface area contributed by atoms with Crippen molar-refractivity contribution in [3.05, 3.63) is 174 Å². The monoisotopic (exact) mass is 1660 g/mol. The van der Waals surface area contributed by atoms with Gasteiger partial charge in [-0.3, -0.25) is 38.4 Å². The fourth-order valence-corrected chi connectivity index (χ4v) is 14.4. The van der Waals surface area contributed by atoms with Gasteiger partial charge in [-0.2, -0.15) is 0 Å². The Balaban J connectivity index is 1.12. The summed E-state index contributed by atoms with van der Waals surface area (Å²) < 4.78 is 45.0. The Kier molecular flexibility index (Phi) is 23.9. The zero-order valence-corrected chi connectivity index (χ0v) is 61.6. The first-order valence-corrected chi connectivity index (χ1v) is 35.8. The van der Waals surface area contributed by atoms with Gasteiger partial charge in [0.1, 0.15) is 102 Å². The second-order valence-corrected chi connectivity index (χ2v) is 28.5. The number of benzene rings is 7. The van der Waals surface area contributed by atoms with Crippen LogP contribution in [-0.2, 0) is 70.2 Å². The highest BCUT2D eigenvalue weighted by Crippen LogP contribution is 2.49. The van der Waals surface area contributed by atoms with Crippen LogP contribution in [0.4, 0.5) is 0 Å². The number of carboxylic acids is 1. The first-order chi connectivity index (χ1) is 52.8. The fraction of sp³-hybridized carbons (Fsp3) is 0.320. The number of primary amides is 1. The predicted molar refractivity (Wildman–Crippen MR) is 391 cm³/mol. The largest absolute Gasteiger partial charge is 0.508 e. The maximum absolute atomic E-state index is 16.2. The summed E-state index contributed by atoms with van der Waals surface area (Å²) in [6.45, 7) is 1.77. The number of aliphatic hydroxyl groups is 6. The molecule has 7 aliphatic heterocycles. The number of aliphatic hydroxyl groups excluding tert-OH is 6. The van der Waals surface area contributed by atoms with Gasteiger partial charge >= 0.3 is 5.97 Å². The van der Waals surface area contributed by atoms with Gasteiger partial charge in [0.05, 0.1) is 37.2 Å². The number of hydrogen-bond donors (Lipinski definition) is 18. The van der Waals surface area contributed by atoms with Crippen LogP contribution in [0.1, 0.15) is 95.0 Å². The normalized spacial score (nSPS) is 26.2. The van der Waals surface area contributed by atoms with Gasteiger partial charge in [-0.1, -0.05) is 41.9 Å². The topological polar surface area (TPSA) is 531 Å². The van der Waals surface area contributed by atoms with E-state index in [1.54, 1.807) is 0 Å². The molecule has 111 heavy (non-hydrogen) atoms. The molecule has 36 heteroatoms. The van der Waals surface area contributed by atoms with Crippen LogP contribution < -0.4 is 61.9 Å². The molecule has 0 aromatic heterocycles. The van der Waals surface area contributed by atoms with Crippen molar-refractivity contribution in [3.8, 4) is 68.6 Å². The molecule has 0 radical (unpaired) electrons. The lowest BCUT2D eigenvalue weighted by Gasteiger charge is -2.43. The molecule has 15 bridgehead atoms. The smallest absolute Gasteiger partial charge is 0.330 e. The molecule has 5 unspecified atom stereocenters. The Morgan fingerprint density at radius 3 is 1.81 bits per heavy atom. The Hall–Kier alpha value is -11.0. The molecule has 584 valence electrons. The molecule has 2 fully saturated rings. The predicted octanol–water partition coefficient (Wildman–Crippen LogP) is 2.34. The number of aliphatic carboxylic acids is 1. The highest BCUT2D eigenvalue weighted by molar-refractivity contribution is 14.1. The highest BCUT2D eigenvalue weighted by Gasteiger charge is 2.49. The third-order valence-corrected chi connectivity index (χ3v) is 20.1. The quantitative estimate of drug-likeness (QED) is 0.0874. The zero-order valence-electron chi connectivity index (χ0n) is 58.7. The number of aryl methyl sites for hydroxylation is 1. The number of ether oxygens (including phenoxy) is 7. The van der Waals surface area contributed by atoms with Crippen LogP contribution in [0.15, 0.2) is 121 Å². The van der Waals surface area contributed by atoms with Gasteiger partial charge in [0.15, 0.2) is 35.3 Å². The highest BCUT2D eigenvalue weighted by atomic mass is 127. The molecule has 7 aliphatic rings. The molecule has 19 N–H and O–H groups in total. The minimum atomic E-state index is -2.24. The number of fused-ring (bicyclic) bond motifs is 15. The van der Waals surface area contributed by atoms with Crippen LogP contribution in [-0.4, -0.2) is 185 Å². The molecular weight excluding hydrogens is 1590 g/mol. The summed E-state index contributed by atoms with van der Waals surface area (Å²) in [7, 11) is 0. The van der Waals surface area contributed by atoms with Crippen molar-refractivity contribution in [2.24, 2.45) is 5.73 Å². The summed E-state index contributed by atoms with van der Waals surface area (Å²) in [5.41, 5.74) is 6.19. The number of carbonyl (C=O) groups excluding carboxylic acids is 8. The van der Waals surface area contributed by atoms with Crippen LogP contribution in [0.2, 0.25) is 5.02 Å². The lowest BCUT2D eigenvalue weighted by atomic mass is 9.89. The third kappa shape index (κ3) is 17.6. The molecule has 7 aromatic rings. The van der Waals surface area contributed by atoms with Crippen molar-refractivity contribution in [2.45, 2.75) is 138 Å². The van der Waals surface area contributed by atoms with E-state index in [1.165, 1.54) is 97.9 Å². The Morgan fingerprint density at radius 1 is 0.577 bits per heavy atom. The van der Waals surface area contributed by atoms with Gasteiger partial charge in [0.2, 0.25) is 59.3 Å². The third-order valence-electron chi connectivity index (χ3n) is 18.9. The number of phenols is 3. The molecule has 14 rings (SSSR count). The van der Waals surface area contributed by atoms with Crippen LogP contribution >= 0.6 is 34.2 Å². The zero-order chi connectivity index (χ0) is 79.7. The lowest BCUT2D eigenvalue weighted by Crippen LogP contribution is -2.65. The minimum Gasteiger partial charge on any atom is -0.508 e. The Labute approximate surface area is 648 Å². The first-order valence-electron chi connectivity index (χ1n) is 34.3. The van der Waals surface area contributed by atoms with E-state index in [9.17, 15) is 79.8 Å². The Morgan fingerprint density at radius 2 is 1.17 bits per heavy atom. The number of phenolic OH excluding ortho intramolecular Hbond substituents is 3. The maximum atomic E-state index is 16.2. The summed E-state index contributed by atoms with van der Waals surface area (Å²) in [6.07, 6.45) is -17.9. The number of hydrogen-bond acceptors (Lipinski definition) is 25. The van der Waals surface area contributed by atoms with Gasteiger partial charge in [0.25, 0.3) is 0 Å². The van der Waals surface area contributed by atoms with E-state index in [0.717, 1.165) is 44.2 Å². The number of nitrogens with two attached hydrogens (primary N) is 1. The van der Waals surface area contributed by atoms with E-state index < -0.39 is 221 Å². The number of carbonyl (C=O) groups is 9. The first kappa shape index (κ1) is 79.6. The number of amides is 8. The average Bonchev–Trinajstić information content (AvgIpc) is 0.772. The minimum absolute atomic E-state index is 0.0502. The van der Waals surface area contributed by atoms with Crippen molar-refractivity contribution in [1.82, 2.24) is 37.2 Å². The molecule has 16 atom stereocenters. The molecule has 0 aliphatic carbocycles. The van der Waals surface area contributed by atoms with Crippen LogP contribution in [0.3, 0.4) is 0 Å². The van der Waals surface area contributed by atoms with Crippen molar-refractivity contribution >= 4 is 87.4 Å². The van der Waals surface area contributed by atoms with Gasteiger partial charge in [-0.15, -0.1) is 0 Å². The summed E-state index contributed by atoms with van der Waals surface area (Å²) in [4.78, 5) is 130. The van der Waals surface area contributed by atoms with E-state index >= 15 is 14.4 Å². The van der Waals surface area contributed by atoms with E-state index in [4.69, 9.17) is 50.5 Å². The number of rotatable bonds is 10. The SMILES string of the molecule is CC(=O)NC1C(O)[C@H](O)C(CO)O[C@H]1O[C@H]1CC(=O)N[C@H](C(=O)O)c2cc(O)cc(C)c2-c2cc(ccc2I)[C@H](C(N)=O)NC(=O)[C@@H]2NC(=O)[C@H]3NC(=O)[C@@H](Cc4ccc(cc4)Oc4cc2cc(c4O[C@@H]2OC(CO)[C@@H](O)[C@H](O)C2NC(C)=O)Oc2ccc1cc2Cl)NC(=O)Cc1ccc(O)c(c1)Oc1cc(O)cc3c1. The van der Waals surface area contributed by atoms with Crippen molar-refractivity contribution in [2.75, 3.05) is 13.2 Å². The Bertz CT molecular complexity index is 4840. The number of nitrogens with one attached hydrogen (secondary N) is 7. The van der Waals surface area contributed by atoms with Crippen molar-refractivity contribution in [1.29, 1.82) is 0 Å².